The van der Waals surface area contributed by atoms with Crippen molar-refractivity contribution in [3.8, 4) is 0 Å². The molecule has 0 amide bonds. The van der Waals surface area contributed by atoms with E-state index in [-0.39, 0.29) is 0 Å². The summed E-state index contributed by atoms with van der Waals surface area (Å²) >= 11 is 2.49. The van der Waals surface area contributed by atoms with Crippen LogP contribution in [0.25, 0.3) is 0 Å². The summed E-state index contributed by atoms with van der Waals surface area (Å²) in [4.78, 5) is 4.77. The first-order valence-electron chi connectivity index (χ1n) is 7.17. The molecular formula is C17H22INSi. The molecule has 2 aromatic rings. The van der Waals surface area contributed by atoms with Crippen LogP contribution in [0.5, 0.6) is 0 Å². The lowest BCUT2D eigenvalue weighted by molar-refractivity contribution is 0.922. The van der Waals surface area contributed by atoms with E-state index in [9.17, 15) is 0 Å². The molecule has 0 unspecified atom stereocenters. The van der Waals surface area contributed by atoms with Gasteiger partial charge in [0.15, 0.2) is 0 Å². The molecule has 1 aromatic carbocycles. The van der Waals surface area contributed by atoms with E-state index in [0.717, 1.165) is 0 Å². The van der Waals surface area contributed by atoms with Crippen LogP contribution in [-0.4, -0.2) is 13.1 Å². The first-order chi connectivity index (χ1) is 9.51. The van der Waals surface area contributed by atoms with Crippen LogP contribution in [0.1, 0.15) is 27.7 Å². The third-order valence-electron chi connectivity index (χ3n) is 4.23. The van der Waals surface area contributed by atoms with Gasteiger partial charge in [-0.05, 0) is 57.1 Å². The standard InChI is InChI=1S/C17H22INSi/c1-13(2)20(14(3)4,17-11-7-8-12-19-17)16-10-6-5-9-15(16)18/h5-14H,1-4H3. The van der Waals surface area contributed by atoms with Crippen LogP contribution in [-0.2, 0) is 0 Å². The molecule has 2 rings (SSSR count). The van der Waals surface area contributed by atoms with Crippen molar-refractivity contribution in [3.05, 3.63) is 52.2 Å². The Kier molecular flexibility index (Phi) is 5.02. The largest absolute Gasteiger partial charge is 0.266 e. The maximum absolute atomic E-state index is 4.77. The monoisotopic (exact) mass is 395 g/mol. The fourth-order valence-electron chi connectivity index (χ4n) is 3.42. The molecule has 20 heavy (non-hydrogen) atoms. The number of halogens is 1. The molecule has 0 bridgehead atoms. The minimum Gasteiger partial charge on any atom is -0.266 e. The molecule has 106 valence electrons. The Balaban J connectivity index is 2.76. The van der Waals surface area contributed by atoms with Crippen LogP contribution in [0, 0.1) is 3.57 Å². The highest BCUT2D eigenvalue weighted by Crippen LogP contribution is 2.32. The predicted molar refractivity (Wildman–Crippen MR) is 98.6 cm³/mol. The highest BCUT2D eigenvalue weighted by atomic mass is 127. The van der Waals surface area contributed by atoms with E-state index in [2.05, 4.69) is 86.7 Å². The molecule has 0 N–H and O–H groups in total. The summed E-state index contributed by atoms with van der Waals surface area (Å²) < 4.78 is 1.38. The van der Waals surface area contributed by atoms with E-state index in [0.29, 0.717) is 11.1 Å². The van der Waals surface area contributed by atoms with Gasteiger partial charge in [0.2, 0.25) is 0 Å². The Hall–Kier alpha value is -0.683. The molecule has 0 saturated heterocycles. The summed E-state index contributed by atoms with van der Waals surface area (Å²) in [7, 11) is -1.87. The summed E-state index contributed by atoms with van der Waals surface area (Å²) in [6.07, 6.45) is 1.94. The fourth-order valence-corrected chi connectivity index (χ4v) is 10.7. The lowest BCUT2D eigenvalue weighted by Crippen LogP contribution is -2.64. The predicted octanol–water partition coefficient (Wildman–Crippen LogP) is 4.07. The van der Waals surface area contributed by atoms with Gasteiger partial charge >= 0.3 is 0 Å². The Morgan fingerprint density at radius 3 is 2.00 bits per heavy atom. The van der Waals surface area contributed by atoms with Crippen LogP contribution >= 0.6 is 22.6 Å². The minimum atomic E-state index is -1.87. The lowest BCUT2D eigenvalue weighted by Gasteiger charge is -2.39. The van der Waals surface area contributed by atoms with Gasteiger partial charge in [-0.15, -0.1) is 0 Å². The molecule has 0 saturated carbocycles. The third kappa shape index (κ3) is 2.57. The van der Waals surface area contributed by atoms with Crippen molar-refractivity contribution in [2.75, 3.05) is 0 Å². The fraction of sp³-hybridized carbons (Fsp3) is 0.353. The molecular weight excluding hydrogens is 373 g/mol. The molecule has 1 nitrogen and oxygen atoms in total. The van der Waals surface area contributed by atoms with Crippen LogP contribution < -0.4 is 10.5 Å². The summed E-state index contributed by atoms with van der Waals surface area (Å²) in [6.45, 7) is 9.46. The molecule has 1 aromatic heterocycles. The van der Waals surface area contributed by atoms with Gasteiger partial charge in [0.25, 0.3) is 0 Å². The maximum atomic E-state index is 4.77. The summed E-state index contributed by atoms with van der Waals surface area (Å²) in [5, 5.41) is 2.85. The van der Waals surface area contributed by atoms with E-state index >= 15 is 0 Å². The number of aromatic nitrogens is 1. The quantitative estimate of drug-likeness (QED) is 0.562. The normalized spacial score (nSPS) is 12.2. The SMILES string of the molecule is CC(C)[Si](c1ccccn1)(c1ccccc1I)C(C)C. The summed E-state index contributed by atoms with van der Waals surface area (Å²) in [6, 6.07) is 15.2. The number of benzene rings is 1. The molecule has 0 atom stereocenters. The highest BCUT2D eigenvalue weighted by molar-refractivity contribution is 14.1. The Morgan fingerprint density at radius 2 is 1.50 bits per heavy atom. The van der Waals surface area contributed by atoms with Gasteiger partial charge in [-0.1, -0.05) is 52.0 Å². The molecule has 0 aliphatic heterocycles. The van der Waals surface area contributed by atoms with E-state index in [1.54, 1.807) is 0 Å². The van der Waals surface area contributed by atoms with Crippen molar-refractivity contribution in [2.24, 2.45) is 0 Å². The third-order valence-corrected chi connectivity index (χ3v) is 11.8. The van der Waals surface area contributed by atoms with Crippen molar-refractivity contribution < 1.29 is 0 Å². The Labute approximate surface area is 137 Å². The number of nitrogens with zero attached hydrogens (tertiary/aromatic N) is 1. The van der Waals surface area contributed by atoms with Crippen LogP contribution in [0.3, 0.4) is 0 Å². The number of rotatable bonds is 4. The average Bonchev–Trinajstić information content (AvgIpc) is 2.42. The van der Waals surface area contributed by atoms with Crippen molar-refractivity contribution in [2.45, 2.75) is 38.8 Å². The average molecular weight is 395 g/mol. The summed E-state index contributed by atoms with van der Waals surface area (Å²) in [5.41, 5.74) is 1.24. The van der Waals surface area contributed by atoms with E-state index in [1.165, 1.54) is 14.1 Å². The Bertz CT molecular complexity index is 558. The van der Waals surface area contributed by atoms with Gasteiger partial charge in [0, 0.05) is 15.1 Å². The van der Waals surface area contributed by atoms with E-state index in [1.807, 2.05) is 12.3 Å². The van der Waals surface area contributed by atoms with Gasteiger partial charge < -0.3 is 0 Å². The second kappa shape index (κ2) is 6.39. The zero-order valence-electron chi connectivity index (χ0n) is 12.6. The molecule has 0 spiro atoms. The van der Waals surface area contributed by atoms with E-state index < -0.39 is 8.07 Å². The van der Waals surface area contributed by atoms with Crippen LogP contribution in [0.4, 0.5) is 0 Å². The highest BCUT2D eigenvalue weighted by Gasteiger charge is 2.45. The van der Waals surface area contributed by atoms with Crippen molar-refractivity contribution >= 4 is 41.2 Å². The van der Waals surface area contributed by atoms with Crippen molar-refractivity contribution in [3.63, 3.8) is 0 Å². The minimum absolute atomic E-state index is 0.619. The summed E-state index contributed by atoms with van der Waals surface area (Å²) in [5.74, 6) is 0. The second-order valence-electron chi connectivity index (χ2n) is 5.87. The zero-order valence-corrected chi connectivity index (χ0v) is 15.8. The van der Waals surface area contributed by atoms with Crippen LogP contribution in [0.2, 0.25) is 11.1 Å². The van der Waals surface area contributed by atoms with Gasteiger partial charge in [-0.25, -0.2) is 0 Å². The molecule has 0 fully saturated rings. The molecule has 3 heteroatoms. The second-order valence-corrected chi connectivity index (χ2v) is 12.1. The van der Waals surface area contributed by atoms with Gasteiger partial charge in [0.05, 0.1) is 0 Å². The van der Waals surface area contributed by atoms with Crippen molar-refractivity contribution in [1.82, 2.24) is 4.98 Å². The number of pyridine rings is 1. The topological polar surface area (TPSA) is 12.9 Å². The zero-order chi connectivity index (χ0) is 14.8. The first kappa shape index (κ1) is 15.7. The van der Waals surface area contributed by atoms with Gasteiger partial charge in [-0.3, -0.25) is 4.98 Å². The molecule has 1 heterocycles. The number of hydrogen-bond donors (Lipinski definition) is 0. The Morgan fingerprint density at radius 1 is 0.900 bits per heavy atom. The smallest absolute Gasteiger partial charge is 0.147 e. The first-order valence-corrected chi connectivity index (χ1v) is 10.4. The van der Waals surface area contributed by atoms with E-state index in [4.69, 9.17) is 4.98 Å². The molecule has 0 aliphatic rings. The van der Waals surface area contributed by atoms with Gasteiger partial charge in [-0.2, -0.15) is 0 Å². The lowest BCUT2D eigenvalue weighted by atomic mass is 10.4. The molecule has 0 aliphatic carbocycles. The van der Waals surface area contributed by atoms with Crippen molar-refractivity contribution in [1.29, 1.82) is 0 Å². The van der Waals surface area contributed by atoms with Gasteiger partial charge in [0.1, 0.15) is 8.07 Å². The maximum Gasteiger partial charge on any atom is 0.147 e. The molecule has 0 radical (unpaired) electrons. The number of hydrogen-bond acceptors (Lipinski definition) is 1. The van der Waals surface area contributed by atoms with Crippen LogP contribution in [0.15, 0.2) is 48.7 Å².